The van der Waals surface area contributed by atoms with Crippen molar-refractivity contribution in [3.05, 3.63) is 23.5 Å². The molecule has 2 rings (SSSR count). The molecule has 106 valence electrons. The van der Waals surface area contributed by atoms with E-state index >= 15 is 0 Å². The maximum Gasteiger partial charge on any atom is 0.245 e. The fraction of sp³-hybridized carbons (Fsp3) is 0.583. The first-order valence-electron chi connectivity index (χ1n) is 6.16. The van der Waals surface area contributed by atoms with Gasteiger partial charge in [-0.15, -0.1) is 0 Å². The summed E-state index contributed by atoms with van der Waals surface area (Å²) in [4.78, 5) is 3.81. The topological polar surface area (TPSA) is 59.5 Å². The van der Waals surface area contributed by atoms with E-state index in [0.717, 1.165) is 6.61 Å². The van der Waals surface area contributed by atoms with Crippen LogP contribution >= 0.6 is 11.6 Å². The summed E-state index contributed by atoms with van der Waals surface area (Å²) < 4.78 is 31.2. The fourth-order valence-electron chi connectivity index (χ4n) is 1.58. The molecule has 5 nitrogen and oxygen atoms in total. The maximum absolute atomic E-state index is 12.2. The Labute approximate surface area is 118 Å². The lowest BCUT2D eigenvalue weighted by Gasteiger charge is -2.17. The molecule has 1 heterocycles. The zero-order valence-electron chi connectivity index (χ0n) is 10.8. The number of hydrogen-bond donors (Lipinski definition) is 0. The van der Waals surface area contributed by atoms with Gasteiger partial charge in [0.25, 0.3) is 0 Å². The van der Waals surface area contributed by atoms with Crippen LogP contribution in [0.25, 0.3) is 0 Å². The van der Waals surface area contributed by atoms with Crippen molar-refractivity contribution in [2.24, 2.45) is 5.92 Å². The normalized spacial score (nSPS) is 15.9. The van der Waals surface area contributed by atoms with Crippen LogP contribution in [0.15, 0.2) is 23.2 Å². The molecular weight excluding hydrogens is 288 g/mol. The molecule has 1 aromatic heterocycles. The Morgan fingerprint density at radius 3 is 2.89 bits per heavy atom. The Morgan fingerprint density at radius 2 is 2.26 bits per heavy atom. The number of aromatic nitrogens is 1. The Hall–Kier alpha value is -0.690. The van der Waals surface area contributed by atoms with Gasteiger partial charge in [0.1, 0.15) is 10.0 Å². The van der Waals surface area contributed by atoms with E-state index in [-0.39, 0.29) is 10.0 Å². The summed E-state index contributed by atoms with van der Waals surface area (Å²) in [6.45, 7) is 1.42. The predicted octanol–water partition coefficient (Wildman–Crippen LogP) is 1.78. The number of nitrogens with zero attached hydrogens (tertiary/aromatic N) is 2. The molecule has 0 aromatic carbocycles. The third-order valence-electron chi connectivity index (χ3n) is 3.01. The Morgan fingerprint density at radius 1 is 1.53 bits per heavy atom. The molecule has 0 N–H and O–H groups in total. The lowest BCUT2D eigenvalue weighted by Crippen LogP contribution is -2.30. The molecule has 0 amide bonds. The second-order valence-electron chi connectivity index (χ2n) is 4.64. The molecule has 0 unspecified atom stereocenters. The molecular formula is C12H17ClN2O3S. The number of ether oxygens (including phenoxy) is 1. The van der Waals surface area contributed by atoms with Crippen LogP contribution in [0.5, 0.6) is 0 Å². The van der Waals surface area contributed by atoms with Gasteiger partial charge in [-0.25, -0.2) is 13.4 Å². The number of rotatable bonds is 7. The highest BCUT2D eigenvalue weighted by molar-refractivity contribution is 7.89. The van der Waals surface area contributed by atoms with Crippen LogP contribution in [0.3, 0.4) is 0 Å². The summed E-state index contributed by atoms with van der Waals surface area (Å²) in [5.41, 5.74) is 0. The zero-order chi connectivity index (χ0) is 13.9. The van der Waals surface area contributed by atoms with Gasteiger partial charge in [0.05, 0.1) is 6.61 Å². The van der Waals surface area contributed by atoms with Gasteiger partial charge < -0.3 is 4.74 Å². The second kappa shape index (κ2) is 6.17. The van der Waals surface area contributed by atoms with Gasteiger partial charge in [0, 0.05) is 26.4 Å². The smallest absolute Gasteiger partial charge is 0.245 e. The van der Waals surface area contributed by atoms with Gasteiger partial charge in [0.2, 0.25) is 10.0 Å². The van der Waals surface area contributed by atoms with E-state index in [2.05, 4.69) is 4.98 Å². The molecule has 0 atom stereocenters. The molecule has 1 aliphatic rings. The molecule has 1 saturated carbocycles. The first-order chi connectivity index (χ1) is 9.01. The monoisotopic (exact) mass is 304 g/mol. The van der Waals surface area contributed by atoms with Gasteiger partial charge in [0.15, 0.2) is 0 Å². The molecule has 1 aliphatic carbocycles. The third-order valence-corrected chi connectivity index (χ3v) is 5.32. The van der Waals surface area contributed by atoms with Gasteiger partial charge in [-0.1, -0.05) is 11.6 Å². The van der Waals surface area contributed by atoms with Crippen LogP contribution in [-0.2, 0) is 14.8 Å². The van der Waals surface area contributed by atoms with Crippen LogP contribution in [0, 0.1) is 5.92 Å². The highest BCUT2D eigenvalue weighted by Gasteiger charge is 2.24. The Bertz CT molecular complexity index is 532. The minimum Gasteiger partial charge on any atom is -0.380 e. The summed E-state index contributed by atoms with van der Waals surface area (Å²) in [7, 11) is -2.08. The molecule has 0 saturated heterocycles. The average Bonchev–Trinajstić information content (AvgIpc) is 3.18. The molecule has 0 bridgehead atoms. The molecule has 1 fully saturated rings. The van der Waals surface area contributed by atoms with Gasteiger partial charge in [-0.2, -0.15) is 4.31 Å². The van der Waals surface area contributed by atoms with E-state index in [1.807, 2.05) is 0 Å². The zero-order valence-corrected chi connectivity index (χ0v) is 12.3. The quantitative estimate of drug-likeness (QED) is 0.569. The largest absolute Gasteiger partial charge is 0.380 e. The summed E-state index contributed by atoms with van der Waals surface area (Å²) in [6.07, 6.45) is 3.90. The molecule has 0 aliphatic heterocycles. The van der Waals surface area contributed by atoms with Crippen molar-refractivity contribution < 1.29 is 13.2 Å². The van der Waals surface area contributed by atoms with Crippen molar-refractivity contribution in [3.63, 3.8) is 0 Å². The highest BCUT2D eigenvalue weighted by atomic mass is 35.5. The number of hydrogen-bond acceptors (Lipinski definition) is 4. The van der Waals surface area contributed by atoms with Crippen LogP contribution in [0.4, 0.5) is 0 Å². The van der Waals surface area contributed by atoms with Crippen LogP contribution in [-0.4, -0.2) is 44.5 Å². The van der Waals surface area contributed by atoms with Crippen molar-refractivity contribution in [1.29, 1.82) is 0 Å². The molecule has 0 spiro atoms. The molecule has 19 heavy (non-hydrogen) atoms. The minimum absolute atomic E-state index is 0.00625. The summed E-state index contributed by atoms with van der Waals surface area (Å²) >= 11 is 5.82. The summed E-state index contributed by atoms with van der Waals surface area (Å²) in [5, 5.41) is -0.00625. The maximum atomic E-state index is 12.2. The predicted molar refractivity (Wildman–Crippen MR) is 72.6 cm³/mol. The van der Waals surface area contributed by atoms with Crippen LogP contribution in [0.2, 0.25) is 5.15 Å². The number of pyridine rings is 1. The van der Waals surface area contributed by atoms with Gasteiger partial charge >= 0.3 is 0 Å². The van der Waals surface area contributed by atoms with E-state index < -0.39 is 10.0 Å². The lowest BCUT2D eigenvalue weighted by atomic mass is 10.5. The Balaban J connectivity index is 1.92. The average molecular weight is 305 g/mol. The van der Waals surface area contributed by atoms with Crippen molar-refractivity contribution in [2.45, 2.75) is 17.7 Å². The second-order valence-corrected chi connectivity index (χ2v) is 7.01. The lowest BCUT2D eigenvalue weighted by molar-refractivity contribution is 0.117. The first kappa shape index (κ1) is 14.7. The van der Waals surface area contributed by atoms with Crippen molar-refractivity contribution in [3.8, 4) is 0 Å². The van der Waals surface area contributed by atoms with E-state index in [9.17, 15) is 8.42 Å². The van der Waals surface area contributed by atoms with E-state index in [1.54, 1.807) is 6.07 Å². The first-order valence-corrected chi connectivity index (χ1v) is 7.98. The van der Waals surface area contributed by atoms with Crippen LogP contribution in [0.1, 0.15) is 12.8 Å². The van der Waals surface area contributed by atoms with Gasteiger partial charge in [-0.3, -0.25) is 0 Å². The van der Waals surface area contributed by atoms with Crippen molar-refractivity contribution >= 4 is 21.6 Å². The minimum atomic E-state index is -3.60. The standard InChI is InChI=1S/C12H17ClN2O3S/c1-15(7-8-18-9-10-4-5-10)19(16,17)11-3-2-6-14-12(11)13/h2-3,6,10H,4-5,7-9H2,1H3. The van der Waals surface area contributed by atoms with Crippen LogP contribution < -0.4 is 0 Å². The fourth-order valence-corrected chi connectivity index (χ4v) is 3.16. The van der Waals surface area contributed by atoms with Gasteiger partial charge in [-0.05, 0) is 30.9 Å². The highest BCUT2D eigenvalue weighted by Crippen LogP contribution is 2.28. The summed E-state index contributed by atoms with van der Waals surface area (Å²) in [6, 6.07) is 3.00. The molecule has 7 heteroatoms. The Kier molecular flexibility index (Phi) is 4.78. The van der Waals surface area contributed by atoms with E-state index in [1.165, 1.54) is 36.5 Å². The third kappa shape index (κ3) is 3.89. The number of sulfonamides is 1. The van der Waals surface area contributed by atoms with E-state index in [4.69, 9.17) is 16.3 Å². The van der Waals surface area contributed by atoms with Crippen molar-refractivity contribution in [1.82, 2.24) is 9.29 Å². The molecule has 0 radical (unpaired) electrons. The van der Waals surface area contributed by atoms with Crippen molar-refractivity contribution in [2.75, 3.05) is 26.8 Å². The SMILES string of the molecule is CN(CCOCC1CC1)S(=O)(=O)c1cccnc1Cl. The number of likely N-dealkylation sites (N-methyl/N-ethyl adjacent to an activating group) is 1. The summed E-state index contributed by atoms with van der Waals surface area (Å²) in [5.74, 6) is 0.676. The number of halogens is 1. The van der Waals surface area contributed by atoms with E-state index in [0.29, 0.717) is 19.1 Å². The molecule has 1 aromatic rings.